The molecule has 1 aliphatic rings. The van der Waals surface area contributed by atoms with Crippen molar-refractivity contribution in [1.82, 2.24) is 14.4 Å². The number of anilines is 1. The van der Waals surface area contributed by atoms with E-state index >= 15 is 0 Å². The third-order valence-corrected chi connectivity index (χ3v) is 9.16. The van der Waals surface area contributed by atoms with Crippen molar-refractivity contribution in [3.63, 3.8) is 0 Å². The van der Waals surface area contributed by atoms with E-state index in [9.17, 15) is 13.2 Å². The number of hydrogen-bond donors (Lipinski definition) is 1. The molecule has 10 heteroatoms. The highest BCUT2D eigenvalue weighted by atomic mass is 32.2. The number of aromatic nitrogens is 2. The second-order valence-electron chi connectivity index (χ2n) is 8.48. The third-order valence-electron chi connectivity index (χ3n) is 5.88. The topological polar surface area (TPSA) is 105 Å². The fourth-order valence-corrected chi connectivity index (χ4v) is 7.02. The summed E-state index contributed by atoms with van der Waals surface area (Å²) in [7, 11) is -3.72. The van der Waals surface area contributed by atoms with Crippen molar-refractivity contribution >= 4 is 33.0 Å². The summed E-state index contributed by atoms with van der Waals surface area (Å²) in [4.78, 5) is 17.3. The van der Waals surface area contributed by atoms with Crippen molar-refractivity contribution in [2.75, 3.05) is 18.4 Å². The summed E-state index contributed by atoms with van der Waals surface area (Å²) in [5, 5.41) is 8.67. The van der Waals surface area contributed by atoms with Gasteiger partial charge >= 0.3 is 0 Å². The van der Waals surface area contributed by atoms with Gasteiger partial charge in [0.25, 0.3) is 10.0 Å². The van der Waals surface area contributed by atoms with Gasteiger partial charge in [-0.05, 0) is 50.8 Å². The van der Waals surface area contributed by atoms with E-state index in [1.54, 1.807) is 11.4 Å². The third kappa shape index (κ3) is 4.87. The summed E-state index contributed by atoms with van der Waals surface area (Å²) in [6.07, 6.45) is 1.90. The van der Waals surface area contributed by atoms with Crippen LogP contribution in [0, 0.1) is 26.7 Å². The SMILES string of the molecule is CCc1nc(-c2csc(S(=O)(=O)N3CCC[C@H](C(=O)Nc4c(C)cc(C)cc4C)C3)c2)no1. The number of benzene rings is 1. The van der Waals surface area contributed by atoms with E-state index in [4.69, 9.17) is 4.52 Å². The zero-order valence-electron chi connectivity index (χ0n) is 19.2. The fourth-order valence-electron chi connectivity index (χ4n) is 4.19. The van der Waals surface area contributed by atoms with Gasteiger partial charge in [0.2, 0.25) is 17.6 Å². The highest BCUT2D eigenvalue weighted by molar-refractivity contribution is 7.91. The largest absolute Gasteiger partial charge is 0.339 e. The maximum atomic E-state index is 13.3. The maximum Gasteiger partial charge on any atom is 0.252 e. The number of aryl methyl sites for hydroxylation is 4. The Morgan fingerprint density at radius 1 is 1.24 bits per heavy atom. The van der Waals surface area contributed by atoms with Crippen molar-refractivity contribution in [2.45, 2.75) is 51.2 Å². The van der Waals surface area contributed by atoms with Crippen LogP contribution in [0.4, 0.5) is 5.69 Å². The van der Waals surface area contributed by atoms with Crippen LogP contribution in [-0.2, 0) is 21.2 Å². The number of hydrogen-bond acceptors (Lipinski definition) is 7. The molecule has 1 amide bonds. The maximum absolute atomic E-state index is 13.3. The molecule has 176 valence electrons. The van der Waals surface area contributed by atoms with Crippen molar-refractivity contribution in [3.05, 3.63) is 46.2 Å². The molecule has 33 heavy (non-hydrogen) atoms. The van der Waals surface area contributed by atoms with Crippen LogP contribution in [0.25, 0.3) is 11.4 Å². The number of sulfonamides is 1. The Bertz CT molecular complexity index is 1260. The summed E-state index contributed by atoms with van der Waals surface area (Å²) in [6.45, 7) is 8.42. The molecule has 1 fully saturated rings. The zero-order valence-corrected chi connectivity index (χ0v) is 20.8. The molecule has 3 heterocycles. The minimum absolute atomic E-state index is 0.143. The quantitative estimate of drug-likeness (QED) is 0.554. The first-order valence-corrected chi connectivity index (χ1v) is 13.3. The van der Waals surface area contributed by atoms with Gasteiger partial charge in [-0.25, -0.2) is 8.42 Å². The highest BCUT2D eigenvalue weighted by Crippen LogP contribution is 2.32. The van der Waals surface area contributed by atoms with E-state index in [0.29, 0.717) is 43.1 Å². The Morgan fingerprint density at radius 2 is 1.97 bits per heavy atom. The number of amides is 1. The van der Waals surface area contributed by atoms with Crippen LogP contribution in [0.2, 0.25) is 0 Å². The molecule has 1 atom stereocenters. The Hall–Kier alpha value is -2.56. The molecular formula is C23H28N4O4S2. The summed E-state index contributed by atoms with van der Waals surface area (Å²) >= 11 is 1.13. The van der Waals surface area contributed by atoms with Gasteiger partial charge in [0, 0.05) is 36.1 Å². The van der Waals surface area contributed by atoms with E-state index in [2.05, 4.69) is 15.5 Å². The molecule has 1 aromatic carbocycles. The second kappa shape index (κ2) is 9.36. The minimum Gasteiger partial charge on any atom is -0.339 e. The van der Waals surface area contributed by atoms with Gasteiger partial charge in [0.15, 0.2) is 0 Å². The lowest BCUT2D eigenvalue weighted by atomic mass is 9.98. The molecule has 1 aliphatic heterocycles. The molecule has 1 saturated heterocycles. The summed E-state index contributed by atoms with van der Waals surface area (Å²) in [5.41, 5.74) is 4.55. The Kier molecular flexibility index (Phi) is 6.69. The Labute approximate surface area is 198 Å². The smallest absolute Gasteiger partial charge is 0.252 e. The van der Waals surface area contributed by atoms with Gasteiger partial charge in [-0.3, -0.25) is 4.79 Å². The molecule has 1 N–H and O–H groups in total. The van der Waals surface area contributed by atoms with Crippen LogP contribution in [-0.4, -0.2) is 41.9 Å². The van der Waals surface area contributed by atoms with Gasteiger partial charge in [-0.2, -0.15) is 9.29 Å². The molecule has 4 rings (SSSR count). The lowest BCUT2D eigenvalue weighted by molar-refractivity contribution is -0.120. The Balaban J connectivity index is 1.49. The molecule has 0 saturated carbocycles. The van der Waals surface area contributed by atoms with Crippen LogP contribution in [0.5, 0.6) is 0 Å². The molecule has 0 aliphatic carbocycles. The molecule has 0 bridgehead atoms. The highest BCUT2D eigenvalue weighted by Gasteiger charge is 2.34. The molecule has 0 radical (unpaired) electrons. The first-order valence-electron chi connectivity index (χ1n) is 11.0. The van der Waals surface area contributed by atoms with E-state index in [-0.39, 0.29) is 16.7 Å². The number of carbonyl (C=O) groups is 1. The standard InChI is InChI=1S/C23H28N4O4S2/c1-5-19-24-22(26-31-19)18-11-20(32-13-18)33(29,30)27-8-6-7-17(12-27)23(28)25-21-15(3)9-14(2)10-16(21)4/h9-11,13,17H,5-8,12H2,1-4H3,(H,25,28)/t17-/m0/s1. The molecule has 0 unspecified atom stereocenters. The monoisotopic (exact) mass is 488 g/mol. The first kappa shape index (κ1) is 23.6. The molecular weight excluding hydrogens is 460 g/mol. The minimum atomic E-state index is -3.72. The molecule has 8 nitrogen and oxygen atoms in total. The predicted molar refractivity (Wildman–Crippen MR) is 128 cm³/mol. The summed E-state index contributed by atoms with van der Waals surface area (Å²) in [5.74, 6) is 0.335. The molecule has 3 aromatic rings. The van der Waals surface area contributed by atoms with Crippen molar-refractivity contribution in [2.24, 2.45) is 5.92 Å². The van der Waals surface area contributed by atoms with Gasteiger partial charge in [0.05, 0.1) is 5.92 Å². The number of rotatable bonds is 6. The summed E-state index contributed by atoms with van der Waals surface area (Å²) in [6, 6.07) is 5.64. The first-order chi connectivity index (χ1) is 15.7. The molecule has 2 aromatic heterocycles. The van der Waals surface area contributed by atoms with Crippen LogP contribution in [0.3, 0.4) is 0 Å². The van der Waals surface area contributed by atoms with Gasteiger partial charge in [-0.1, -0.05) is 29.8 Å². The van der Waals surface area contributed by atoms with E-state index in [1.807, 2.05) is 39.8 Å². The lowest BCUT2D eigenvalue weighted by Gasteiger charge is -2.31. The van der Waals surface area contributed by atoms with Crippen LogP contribution in [0.1, 0.15) is 42.3 Å². The van der Waals surface area contributed by atoms with Crippen molar-refractivity contribution < 1.29 is 17.7 Å². The van der Waals surface area contributed by atoms with E-state index < -0.39 is 15.9 Å². The zero-order chi connectivity index (χ0) is 23.8. The van der Waals surface area contributed by atoms with Crippen molar-refractivity contribution in [3.8, 4) is 11.4 Å². The van der Waals surface area contributed by atoms with Gasteiger partial charge in [0.1, 0.15) is 4.21 Å². The number of nitrogens with one attached hydrogen (secondary N) is 1. The molecule has 0 spiro atoms. The van der Waals surface area contributed by atoms with Crippen LogP contribution < -0.4 is 5.32 Å². The second-order valence-corrected chi connectivity index (χ2v) is 11.6. The average Bonchev–Trinajstić information content (AvgIpc) is 3.46. The van der Waals surface area contributed by atoms with Gasteiger partial charge in [-0.15, -0.1) is 11.3 Å². The average molecular weight is 489 g/mol. The van der Waals surface area contributed by atoms with E-state index in [1.165, 1.54) is 4.31 Å². The van der Waals surface area contributed by atoms with Crippen LogP contribution >= 0.6 is 11.3 Å². The Morgan fingerprint density at radius 3 is 2.64 bits per heavy atom. The van der Waals surface area contributed by atoms with E-state index in [0.717, 1.165) is 33.7 Å². The number of nitrogens with zero attached hydrogens (tertiary/aromatic N) is 3. The normalized spacial score (nSPS) is 17.3. The van der Waals surface area contributed by atoms with Crippen LogP contribution in [0.15, 0.2) is 32.3 Å². The lowest BCUT2D eigenvalue weighted by Crippen LogP contribution is -2.43. The predicted octanol–water partition coefficient (Wildman–Crippen LogP) is 4.33. The summed E-state index contributed by atoms with van der Waals surface area (Å²) < 4.78 is 33.4. The number of carbonyl (C=O) groups excluding carboxylic acids is 1. The number of thiophene rings is 1. The van der Waals surface area contributed by atoms with Gasteiger partial charge < -0.3 is 9.84 Å². The fraction of sp³-hybridized carbons (Fsp3) is 0.435. The van der Waals surface area contributed by atoms with Crippen molar-refractivity contribution in [1.29, 1.82) is 0 Å². The number of piperidine rings is 1.